The molecule has 0 amide bonds. The number of benzene rings is 1. The van der Waals surface area contributed by atoms with E-state index < -0.39 is 6.10 Å². The van der Waals surface area contributed by atoms with Crippen molar-refractivity contribution >= 4 is 39.6 Å². The highest BCUT2D eigenvalue weighted by Gasteiger charge is 2.38. The lowest BCUT2D eigenvalue weighted by atomic mass is 9.84. The average molecular weight is 400 g/mol. The zero-order valence-corrected chi connectivity index (χ0v) is 16.6. The lowest BCUT2D eigenvalue weighted by Crippen LogP contribution is -2.14. The molecule has 2 aromatic heterocycles. The third-order valence-corrected chi connectivity index (χ3v) is 6.98. The molecule has 5 heteroatoms. The Labute approximate surface area is 166 Å². The smallest absolute Gasteiger partial charge is 0.104 e. The summed E-state index contributed by atoms with van der Waals surface area (Å²) >= 11 is 9.59. The number of aromatic nitrogens is 1. The molecule has 2 nitrogen and oxygen atoms in total. The molecule has 1 aliphatic heterocycles. The van der Waals surface area contributed by atoms with Gasteiger partial charge in [0.1, 0.15) is 6.10 Å². The van der Waals surface area contributed by atoms with Gasteiger partial charge in [-0.1, -0.05) is 36.7 Å². The predicted molar refractivity (Wildman–Crippen MR) is 112 cm³/mol. The van der Waals surface area contributed by atoms with Gasteiger partial charge in [-0.15, -0.1) is 11.8 Å². The molecule has 4 rings (SSSR count). The first-order valence-corrected chi connectivity index (χ1v) is 10.6. The quantitative estimate of drug-likeness (QED) is 0.570. The van der Waals surface area contributed by atoms with Crippen molar-refractivity contribution < 1.29 is 5.11 Å². The van der Waals surface area contributed by atoms with Crippen LogP contribution in [0.15, 0.2) is 71.2 Å². The molecule has 1 N–H and O–H groups in total. The Bertz CT molecular complexity index is 907. The molecule has 0 fully saturated rings. The second-order valence-corrected chi connectivity index (χ2v) is 8.94. The first-order valence-electron chi connectivity index (χ1n) is 8.42. The second-order valence-electron chi connectivity index (χ2n) is 6.34. The molecule has 132 valence electrons. The summed E-state index contributed by atoms with van der Waals surface area (Å²) in [7, 11) is 0. The maximum absolute atomic E-state index is 11.3. The molecule has 1 aliphatic rings. The number of rotatable bonds is 4. The fourth-order valence-corrected chi connectivity index (χ4v) is 5.75. The monoisotopic (exact) mass is 399 g/mol. The van der Waals surface area contributed by atoms with Crippen LogP contribution in [0.5, 0.6) is 0 Å². The molecular weight excluding hydrogens is 382 g/mol. The largest absolute Gasteiger partial charge is 0.384 e. The topological polar surface area (TPSA) is 33.1 Å². The second kappa shape index (κ2) is 7.57. The van der Waals surface area contributed by atoms with Gasteiger partial charge in [0.15, 0.2) is 0 Å². The van der Waals surface area contributed by atoms with Crippen LogP contribution in [-0.2, 0) is 0 Å². The van der Waals surface area contributed by atoms with E-state index in [2.05, 4.69) is 28.7 Å². The van der Waals surface area contributed by atoms with Crippen molar-refractivity contribution in [2.45, 2.75) is 24.2 Å². The molecule has 0 radical (unpaired) electrons. The fraction of sp³-hybridized carbons (Fsp3) is 0.190. The molecule has 2 unspecified atom stereocenters. The van der Waals surface area contributed by atoms with Crippen molar-refractivity contribution in [1.82, 2.24) is 4.98 Å². The van der Waals surface area contributed by atoms with E-state index >= 15 is 0 Å². The number of thioether (sulfide) groups is 1. The van der Waals surface area contributed by atoms with E-state index in [4.69, 9.17) is 11.6 Å². The van der Waals surface area contributed by atoms with E-state index in [9.17, 15) is 5.11 Å². The Morgan fingerprint density at radius 3 is 2.62 bits per heavy atom. The molecule has 0 bridgehead atoms. The van der Waals surface area contributed by atoms with Crippen LogP contribution < -0.4 is 0 Å². The Morgan fingerprint density at radius 1 is 1.15 bits per heavy atom. The van der Waals surface area contributed by atoms with Crippen molar-refractivity contribution in [1.29, 1.82) is 0 Å². The predicted octanol–water partition coefficient (Wildman–Crippen LogP) is 6.16. The van der Waals surface area contributed by atoms with E-state index in [1.165, 1.54) is 5.56 Å². The lowest BCUT2D eigenvalue weighted by molar-refractivity contribution is 0.209. The summed E-state index contributed by atoms with van der Waals surface area (Å²) < 4.78 is 0. The third-order valence-electron chi connectivity index (χ3n) is 4.67. The van der Waals surface area contributed by atoms with E-state index in [0.717, 1.165) is 21.6 Å². The lowest BCUT2D eigenvalue weighted by Gasteiger charge is -2.22. The zero-order chi connectivity index (χ0) is 18.1. The van der Waals surface area contributed by atoms with Gasteiger partial charge in [-0.2, -0.15) is 11.3 Å². The molecule has 26 heavy (non-hydrogen) atoms. The summed E-state index contributed by atoms with van der Waals surface area (Å²) in [6.45, 7) is 2.23. The Morgan fingerprint density at radius 2 is 1.96 bits per heavy atom. The minimum Gasteiger partial charge on any atom is -0.384 e. The van der Waals surface area contributed by atoms with Crippen molar-refractivity contribution in [3.05, 3.63) is 92.9 Å². The van der Waals surface area contributed by atoms with Crippen LogP contribution in [0, 0.1) is 0 Å². The van der Waals surface area contributed by atoms with E-state index in [0.29, 0.717) is 10.3 Å². The molecular formula is C21H18ClNOS2. The first kappa shape index (κ1) is 17.8. The number of thiophene rings is 1. The zero-order valence-electron chi connectivity index (χ0n) is 14.2. The van der Waals surface area contributed by atoms with Gasteiger partial charge in [-0.25, -0.2) is 0 Å². The highest BCUT2D eigenvalue weighted by atomic mass is 35.5. The Hall–Kier alpha value is -1.59. The minimum absolute atomic E-state index is 0.173. The van der Waals surface area contributed by atoms with Gasteiger partial charge < -0.3 is 5.11 Å². The molecule has 3 atom stereocenters. The molecule has 3 aromatic rings. The summed E-state index contributed by atoms with van der Waals surface area (Å²) in [5.41, 5.74) is 4.24. The van der Waals surface area contributed by atoms with E-state index in [1.54, 1.807) is 23.7 Å². The summed E-state index contributed by atoms with van der Waals surface area (Å²) in [6.07, 6.45) is 2.79. The summed E-state index contributed by atoms with van der Waals surface area (Å²) in [4.78, 5) is 5.33. The highest BCUT2D eigenvalue weighted by Crippen LogP contribution is 2.55. The fourth-order valence-electron chi connectivity index (χ4n) is 3.47. The number of aliphatic hydroxyl groups excluding tert-OH is 1. The van der Waals surface area contributed by atoms with Crippen LogP contribution in [0.1, 0.15) is 35.6 Å². The minimum atomic E-state index is -0.684. The molecule has 1 aromatic carbocycles. The summed E-state index contributed by atoms with van der Waals surface area (Å²) in [5.74, 6) is 0.173. The standard InChI is InChI=1S/C21H18ClNOS2/c1-13-18(16-8-10-25-12-16)19(20(24)15-3-2-9-23-11-15)21(26-13)14-4-6-17(22)7-5-14/h2-13,18,20,24H,1H3/t13-,18?,20?/m1/s1. The van der Waals surface area contributed by atoms with Crippen LogP contribution in [0.4, 0.5) is 0 Å². The van der Waals surface area contributed by atoms with Gasteiger partial charge in [-0.3, -0.25) is 4.98 Å². The van der Waals surface area contributed by atoms with Crippen LogP contribution in [-0.4, -0.2) is 15.3 Å². The average Bonchev–Trinajstić information content (AvgIpc) is 3.30. The van der Waals surface area contributed by atoms with Gasteiger partial charge in [0.25, 0.3) is 0 Å². The van der Waals surface area contributed by atoms with Gasteiger partial charge >= 0.3 is 0 Å². The summed E-state index contributed by atoms with van der Waals surface area (Å²) in [5, 5.41) is 16.6. The number of pyridine rings is 1. The summed E-state index contributed by atoms with van der Waals surface area (Å²) in [6, 6.07) is 13.8. The molecule has 0 spiro atoms. The maximum atomic E-state index is 11.3. The number of aliphatic hydroxyl groups is 1. The van der Waals surface area contributed by atoms with E-state index in [1.807, 2.05) is 48.2 Å². The van der Waals surface area contributed by atoms with Crippen LogP contribution in [0.2, 0.25) is 5.02 Å². The van der Waals surface area contributed by atoms with Gasteiger partial charge in [0.2, 0.25) is 0 Å². The maximum Gasteiger partial charge on any atom is 0.104 e. The van der Waals surface area contributed by atoms with E-state index in [-0.39, 0.29) is 5.92 Å². The van der Waals surface area contributed by atoms with Crippen molar-refractivity contribution in [3.8, 4) is 0 Å². The Kier molecular flexibility index (Phi) is 5.18. The molecule has 0 saturated carbocycles. The van der Waals surface area contributed by atoms with Crippen LogP contribution in [0.25, 0.3) is 4.91 Å². The SMILES string of the molecule is C[C@H]1SC(c2ccc(Cl)cc2)=C(C(O)c2cccnc2)C1c1ccsc1. The third kappa shape index (κ3) is 3.35. The molecule has 0 saturated heterocycles. The number of nitrogens with zero attached hydrogens (tertiary/aromatic N) is 1. The number of halogens is 1. The normalized spacial score (nSPS) is 21.2. The van der Waals surface area contributed by atoms with Gasteiger partial charge in [-0.05, 0) is 51.7 Å². The van der Waals surface area contributed by atoms with Crippen molar-refractivity contribution in [2.75, 3.05) is 0 Å². The number of hydrogen-bond acceptors (Lipinski definition) is 4. The van der Waals surface area contributed by atoms with Gasteiger partial charge in [0, 0.05) is 39.1 Å². The highest BCUT2D eigenvalue weighted by molar-refractivity contribution is 8.09. The van der Waals surface area contributed by atoms with Crippen LogP contribution in [0.3, 0.4) is 0 Å². The van der Waals surface area contributed by atoms with Gasteiger partial charge in [0.05, 0.1) is 0 Å². The van der Waals surface area contributed by atoms with Crippen molar-refractivity contribution in [3.63, 3.8) is 0 Å². The van der Waals surface area contributed by atoms with Crippen molar-refractivity contribution in [2.24, 2.45) is 0 Å². The number of hydrogen-bond donors (Lipinski definition) is 1. The van der Waals surface area contributed by atoms with Crippen LogP contribution >= 0.6 is 34.7 Å². The molecule has 0 aliphatic carbocycles. The Balaban J connectivity index is 1.86. The molecule has 3 heterocycles. The first-order chi connectivity index (χ1) is 12.6.